The molecule has 1 aliphatic heterocycles. The molecule has 0 N–H and O–H groups in total. The lowest BCUT2D eigenvalue weighted by molar-refractivity contribution is -0.122. The summed E-state index contributed by atoms with van der Waals surface area (Å²) in [5.41, 5.74) is 1.46. The van der Waals surface area contributed by atoms with Gasteiger partial charge in [0.15, 0.2) is 5.78 Å². The number of anilines is 1. The molecule has 1 unspecified atom stereocenters. The first-order valence-electron chi connectivity index (χ1n) is 6.58. The van der Waals surface area contributed by atoms with Crippen LogP contribution in [0.15, 0.2) is 24.3 Å². The third-order valence-corrected chi connectivity index (χ3v) is 3.47. The van der Waals surface area contributed by atoms with Gasteiger partial charge in [0, 0.05) is 24.4 Å². The highest BCUT2D eigenvalue weighted by molar-refractivity contribution is 6.09. The minimum absolute atomic E-state index is 0.0243. The maximum atomic E-state index is 12.4. The van der Waals surface area contributed by atoms with Crippen LogP contribution in [0.4, 0.5) is 5.69 Å². The lowest BCUT2D eigenvalue weighted by Gasteiger charge is -2.30. The number of fused-ring (bicyclic) bond motifs is 1. The molecule has 1 heterocycles. The molecule has 0 radical (unpaired) electrons. The van der Waals surface area contributed by atoms with Crippen molar-refractivity contribution in [2.75, 3.05) is 11.4 Å². The van der Waals surface area contributed by atoms with Gasteiger partial charge in [0.05, 0.1) is 5.69 Å². The van der Waals surface area contributed by atoms with E-state index in [-0.39, 0.29) is 17.6 Å². The Morgan fingerprint density at radius 1 is 1.39 bits per heavy atom. The number of rotatable bonds is 3. The highest BCUT2D eigenvalue weighted by Gasteiger charge is 2.28. The summed E-state index contributed by atoms with van der Waals surface area (Å²) in [5.74, 6) is 0.297. The predicted octanol–water partition coefficient (Wildman–Crippen LogP) is 3.04. The molecule has 0 spiro atoms. The Morgan fingerprint density at radius 2 is 2.11 bits per heavy atom. The van der Waals surface area contributed by atoms with Crippen LogP contribution in [0.5, 0.6) is 0 Å². The van der Waals surface area contributed by atoms with Crippen LogP contribution in [0.25, 0.3) is 0 Å². The standard InChI is InChI=1S/C15H19NO2/c1-3-6-11(2)15(18)16-10-9-14(17)12-7-4-5-8-13(12)16/h4-5,7-8,11H,3,6,9-10H2,1-2H3. The molecule has 0 aromatic heterocycles. The number of Topliss-reactive ketones (excluding diaryl/α,β-unsaturated/α-hetero) is 1. The van der Waals surface area contributed by atoms with Crippen LogP contribution in [-0.4, -0.2) is 18.2 Å². The van der Waals surface area contributed by atoms with Crippen LogP contribution in [0.3, 0.4) is 0 Å². The van der Waals surface area contributed by atoms with Crippen LogP contribution >= 0.6 is 0 Å². The number of hydrogen-bond donors (Lipinski definition) is 0. The maximum Gasteiger partial charge on any atom is 0.229 e. The molecule has 3 heteroatoms. The SMILES string of the molecule is CCCC(C)C(=O)N1CCC(=O)c2ccccc21. The molecule has 0 aliphatic carbocycles. The molecule has 2 rings (SSSR count). The van der Waals surface area contributed by atoms with E-state index < -0.39 is 0 Å². The number of benzene rings is 1. The highest BCUT2D eigenvalue weighted by atomic mass is 16.2. The largest absolute Gasteiger partial charge is 0.311 e. The summed E-state index contributed by atoms with van der Waals surface area (Å²) in [5, 5.41) is 0. The zero-order valence-electron chi connectivity index (χ0n) is 11.0. The average molecular weight is 245 g/mol. The summed E-state index contributed by atoms with van der Waals surface area (Å²) in [4.78, 5) is 26.0. The van der Waals surface area contributed by atoms with E-state index in [2.05, 4.69) is 6.92 Å². The van der Waals surface area contributed by atoms with Gasteiger partial charge in [-0.15, -0.1) is 0 Å². The topological polar surface area (TPSA) is 37.4 Å². The van der Waals surface area contributed by atoms with Crippen molar-refractivity contribution in [2.24, 2.45) is 5.92 Å². The Kier molecular flexibility index (Phi) is 3.80. The van der Waals surface area contributed by atoms with Gasteiger partial charge in [0.1, 0.15) is 0 Å². The molecule has 1 aliphatic rings. The molecule has 18 heavy (non-hydrogen) atoms. The number of hydrogen-bond acceptors (Lipinski definition) is 2. The summed E-state index contributed by atoms with van der Waals surface area (Å²) in [6.07, 6.45) is 2.33. The van der Waals surface area contributed by atoms with E-state index >= 15 is 0 Å². The van der Waals surface area contributed by atoms with Gasteiger partial charge in [-0.05, 0) is 18.6 Å². The van der Waals surface area contributed by atoms with Crippen molar-refractivity contribution in [1.29, 1.82) is 0 Å². The number of carbonyl (C=O) groups excluding carboxylic acids is 2. The second kappa shape index (κ2) is 5.34. The van der Waals surface area contributed by atoms with Crippen molar-refractivity contribution in [3.8, 4) is 0 Å². The Bertz CT molecular complexity index is 467. The fraction of sp³-hybridized carbons (Fsp3) is 0.467. The van der Waals surface area contributed by atoms with E-state index in [1.54, 1.807) is 4.90 Å². The van der Waals surface area contributed by atoms with Crippen LogP contribution in [0, 0.1) is 5.92 Å². The van der Waals surface area contributed by atoms with Crippen molar-refractivity contribution < 1.29 is 9.59 Å². The summed E-state index contributed by atoms with van der Waals surface area (Å²) in [6, 6.07) is 7.40. The Hall–Kier alpha value is -1.64. The van der Waals surface area contributed by atoms with Gasteiger partial charge >= 0.3 is 0 Å². The minimum Gasteiger partial charge on any atom is -0.311 e. The van der Waals surface area contributed by atoms with Gasteiger partial charge in [-0.1, -0.05) is 32.4 Å². The zero-order chi connectivity index (χ0) is 13.1. The Morgan fingerprint density at radius 3 is 2.83 bits per heavy atom. The van der Waals surface area contributed by atoms with Crippen molar-refractivity contribution in [3.05, 3.63) is 29.8 Å². The van der Waals surface area contributed by atoms with Gasteiger partial charge in [-0.3, -0.25) is 9.59 Å². The Balaban J connectivity index is 2.29. The zero-order valence-corrected chi connectivity index (χ0v) is 11.0. The smallest absolute Gasteiger partial charge is 0.229 e. The van der Waals surface area contributed by atoms with Gasteiger partial charge in [-0.25, -0.2) is 0 Å². The molecule has 0 saturated heterocycles. The van der Waals surface area contributed by atoms with E-state index in [1.807, 2.05) is 31.2 Å². The normalized spacial score (nSPS) is 16.3. The van der Waals surface area contributed by atoms with Crippen LogP contribution < -0.4 is 4.90 Å². The number of amides is 1. The Labute approximate surface area is 108 Å². The average Bonchev–Trinajstić information content (AvgIpc) is 2.39. The van der Waals surface area contributed by atoms with Gasteiger partial charge < -0.3 is 4.90 Å². The lowest BCUT2D eigenvalue weighted by atomic mass is 9.97. The first kappa shape index (κ1) is 12.8. The second-order valence-electron chi connectivity index (χ2n) is 4.87. The molecule has 1 atom stereocenters. The van der Waals surface area contributed by atoms with Gasteiger partial charge in [-0.2, -0.15) is 0 Å². The number of ketones is 1. The summed E-state index contributed by atoms with van der Waals surface area (Å²) < 4.78 is 0. The summed E-state index contributed by atoms with van der Waals surface area (Å²) in [6.45, 7) is 4.56. The van der Waals surface area contributed by atoms with Crippen molar-refractivity contribution in [2.45, 2.75) is 33.1 Å². The third-order valence-electron chi connectivity index (χ3n) is 3.47. The van der Waals surface area contributed by atoms with E-state index in [9.17, 15) is 9.59 Å². The lowest BCUT2D eigenvalue weighted by Crippen LogP contribution is -2.40. The first-order chi connectivity index (χ1) is 8.65. The van der Waals surface area contributed by atoms with Crippen molar-refractivity contribution >= 4 is 17.4 Å². The summed E-state index contributed by atoms with van der Waals surface area (Å²) in [7, 11) is 0. The van der Waals surface area contributed by atoms with Gasteiger partial charge in [0.25, 0.3) is 0 Å². The monoisotopic (exact) mass is 245 g/mol. The quantitative estimate of drug-likeness (QED) is 0.820. The van der Waals surface area contributed by atoms with E-state index in [1.165, 1.54) is 0 Å². The highest BCUT2D eigenvalue weighted by Crippen LogP contribution is 2.28. The third kappa shape index (κ3) is 2.30. The van der Waals surface area contributed by atoms with Crippen LogP contribution in [0.1, 0.15) is 43.5 Å². The van der Waals surface area contributed by atoms with E-state index in [0.717, 1.165) is 18.5 Å². The molecule has 0 fully saturated rings. The van der Waals surface area contributed by atoms with Crippen LogP contribution in [0.2, 0.25) is 0 Å². The van der Waals surface area contributed by atoms with Crippen molar-refractivity contribution in [1.82, 2.24) is 0 Å². The number of para-hydroxylation sites is 1. The fourth-order valence-corrected chi connectivity index (χ4v) is 2.46. The second-order valence-corrected chi connectivity index (χ2v) is 4.87. The minimum atomic E-state index is 0.0243. The molecule has 0 bridgehead atoms. The molecular formula is C15H19NO2. The molecular weight excluding hydrogens is 226 g/mol. The van der Waals surface area contributed by atoms with Crippen molar-refractivity contribution in [3.63, 3.8) is 0 Å². The molecule has 1 aromatic carbocycles. The molecule has 1 amide bonds. The molecule has 96 valence electrons. The predicted molar refractivity (Wildman–Crippen MR) is 71.8 cm³/mol. The summed E-state index contributed by atoms with van der Waals surface area (Å²) >= 11 is 0. The van der Waals surface area contributed by atoms with Crippen LogP contribution in [-0.2, 0) is 4.79 Å². The first-order valence-corrected chi connectivity index (χ1v) is 6.58. The number of carbonyl (C=O) groups is 2. The molecule has 0 saturated carbocycles. The maximum absolute atomic E-state index is 12.4. The fourth-order valence-electron chi connectivity index (χ4n) is 2.46. The van der Waals surface area contributed by atoms with E-state index in [4.69, 9.17) is 0 Å². The van der Waals surface area contributed by atoms with E-state index in [0.29, 0.717) is 18.5 Å². The number of nitrogens with zero attached hydrogens (tertiary/aromatic N) is 1. The molecule has 3 nitrogen and oxygen atoms in total. The molecule has 1 aromatic rings. The van der Waals surface area contributed by atoms with Gasteiger partial charge in [0.2, 0.25) is 5.91 Å².